The van der Waals surface area contributed by atoms with Crippen LogP contribution in [0, 0.1) is 5.82 Å². The van der Waals surface area contributed by atoms with Crippen molar-refractivity contribution in [1.29, 1.82) is 0 Å². The van der Waals surface area contributed by atoms with Crippen LogP contribution in [0.25, 0.3) is 0 Å². The van der Waals surface area contributed by atoms with Crippen molar-refractivity contribution in [3.8, 4) is 5.75 Å². The van der Waals surface area contributed by atoms with Crippen LogP contribution < -0.4 is 10.2 Å². The first-order chi connectivity index (χ1) is 10.1. The van der Waals surface area contributed by atoms with Gasteiger partial charge < -0.3 is 14.8 Å². The first-order valence-corrected chi connectivity index (χ1v) is 7.93. The summed E-state index contributed by atoms with van der Waals surface area (Å²) in [5, 5.41) is 18.4. The van der Waals surface area contributed by atoms with Gasteiger partial charge in [0, 0.05) is 11.5 Å². The molecule has 1 aromatic carbocycles. The van der Waals surface area contributed by atoms with E-state index in [4.69, 9.17) is 4.74 Å². The lowest BCUT2D eigenvalue weighted by atomic mass is 9.79. The van der Waals surface area contributed by atoms with Crippen molar-refractivity contribution >= 4 is 12.6 Å². The topological polar surface area (TPSA) is 49.7 Å². The van der Waals surface area contributed by atoms with Crippen molar-refractivity contribution in [3.63, 3.8) is 0 Å². The summed E-state index contributed by atoms with van der Waals surface area (Å²) in [7, 11) is -1.64. The lowest BCUT2D eigenvalue weighted by Gasteiger charge is -2.11. The molecule has 3 nitrogen and oxygen atoms in total. The van der Waals surface area contributed by atoms with Crippen LogP contribution in [0.1, 0.15) is 58.3 Å². The van der Waals surface area contributed by atoms with E-state index >= 15 is 0 Å². The Morgan fingerprint density at radius 1 is 1.00 bits per heavy atom. The smallest absolute Gasteiger partial charge is 0.492 e. The van der Waals surface area contributed by atoms with Gasteiger partial charge in [0.1, 0.15) is 11.6 Å². The molecule has 0 unspecified atom stereocenters. The molecular formula is C16H26BFO3. The molecule has 2 N–H and O–H groups in total. The number of hydrogen-bond acceptors (Lipinski definition) is 3. The lowest BCUT2D eigenvalue weighted by Crippen LogP contribution is -2.31. The van der Waals surface area contributed by atoms with Crippen LogP contribution >= 0.6 is 0 Å². The van der Waals surface area contributed by atoms with Gasteiger partial charge in [-0.1, -0.05) is 57.9 Å². The van der Waals surface area contributed by atoms with Gasteiger partial charge in [-0.3, -0.25) is 0 Å². The first kappa shape index (κ1) is 18.0. The molecule has 0 saturated heterocycles. The molecule has 0 aliphatic rings. The van der Waals surface area contributed by atoms with E-state index in [1.807, 2.05) is 0 Å². The number of ether oxygens (including phenoxy) is 1. The first-order valence-electron chi connectivity index (χ1n) is 7.93. The summed E-state index contributed by atoms with van der Waals surface area (Å²) in [6.07, 6.45) is 9.60. The summed E-state index contributed by atoms with van der Waals surface area (Å²) in [4.78, 5) is 0. The normalized spacial score (nSPS) is 10.7. The maximum atomic E-state index is 13.1. The minimum absolute atomic E-state index is 0.205. The predicted octanol–water partition coefficient (Wildman–Crippen LogP) is 3.03. The highest BCUT2D eigenvalue weighted by Crippen LogP contribution is 2.12. The van der Waals surface area contributed by atoms with Gasteiger partial charge in [0.15, 0.2) is 0 Å². The fourth-order valence-electron chi connectivity index (χ4n) is 2.26. The van der Waals surface area contributed by atoms with Crippen molar-refractivity contribution in [2.75, 3.05) is 6.61 Å². The van der Waals surface area contributed by atoms with Gasteiger partial charge in [-0.15, -0.1) is 0 Å². The molecule has 0 aliphatic heterocycles. The number of hydrogen-bond donors (Lipinski definition) is 2. The molecule has 1 aromatic rings. The molecule has 0 atom stereocenters. The Hall–Kier alpha value is -1.07. The Kier molecular flexibility index (Phi) is 9.11. The lowest BCUT2D eigenvalue weighted by molar-refractivity contribution is 0.303. The standard InChI is InChI=1S/C16H26BFO3/c1-2-3-4-5-6-7-8-9-12-21-16-13-14(18)10-11-15(16)17(19)20/h10-11,13,19-20H,2-9,12H2,1H3. The largest absolute Gasteiger partial charge is 0.494 e. The molecule has 0 bridgehead atoms. The molecule has 1 rings (SSSR count). The molecule has 21 heavy (non-hydrogen) atoms. The van der Waals surface area contributed by atoms with Crippen LogP contribution in [-0.2, 0) is 0 Å². The van der Waals surface area contributed by atoms with Crippen molar-refractivity contribution in [2.24, 2.45) is 0 Å². The Labute approximate surface area is 127 Å². The number of unbranched alkanes of at least 4 members (excludes halogenated alkanes) is 7. The maximum absolute atomic E-state index is 13.1. The van der Waals surface area contributed by atoms with Crippen LogP contribution in [-0.4, -0.2) is 23.8 Å². The number of benzene rings is 1. The van der Waals surface area contributed by atoms with E-state index in [9.17, 15) is 14.4 Å². The van der Waals surface area contributed by atoms with Crippen molar-refractivity contribution in [1.82, 2.24) is 0 Å². The Morgan fingerprint density at radius 3 is 2.24 bits per heavy atom. The summed E-state index contributed by atoms with van der Waals surface area (Å²) < 4.78 is 18.6. The zero-order valence-electron chi connectivity index (χ0n) is 12.9. The Morgan fingerprint density at radius 2 is 1.62 bits per heavy atom. The van der Waals surface area contributed by atoms with Gasteiger partial charge in [0.05, 0.1) is 6.61 Å². The molecule has 0 aromatic heterocycles. The van der Waals surface area contributed by atoms with E-state index in [-0.39, 0.29) is 11.2 Å². The molecule has 118 valence electrons. The van der Waals surface area contributed by atoms with E-state index in [2.05, 4.69) is 6.92 Å². The predicted molar refractivity (Wildman–Crippen MR) is 84.3 cm³/mol. The monoisotopic (exact) mass is 296 g/mol. The minimum atomic E-state index is -1.64. The molecule has 5 heteroatoms. The summed E-state index contributed by atoms with van der Waals surface area (Å²) in [5.41, 5.74) is 0.205. The molecule has 0 spiro atoms. The molecule has 0 heterocycles. The third kappa shape index (κ3) is 7.49. The second kappa shape index (κ2) is 10.6. The van der Waals surface area contributed by atoms with E-state index in [0.717, 1.165) is 12.8 Å². The second-order valence-corrected chi connectivity index (χ2v) is 5.38. The van der Waals surface area contributed by atoms with Crippen molar-refractivity contribution in [3.05, 3.63) is 24.0 Å². The van der Waals surface area contributed by atoms with Crippen LogP contribution in [0.3, 0.4) is 0 Å². The quantitative estimate of drug-likeness (QED) is 0.487. The van der Waals surface area contributed by atoms with E-state index in [0.29, 0.717) is 6.61 Å². The average Bonchev–Trinajstić information content (AvgIpc) is 2.45. The molecule has 0 amide bonds. The molecule has 0 aliphatic carbocycles. The van der Waals surface area contributed by atoms with Gasteiger partial charge in [0.2, 0.25) is 0 Å². The zero-order valence-corrected chi connectivity index (χ0v) is 12.9. The zero-order chi connectivity index (χ0) is 15.5. The van der Waals surface area contributed by atoms with Gasteiger partial charge >= 0.3 is 7.12 Å². The summed E-state index contributed by atoms with van der Waals surface area (Å²) in [6.45, 7) is 2.68. The number of halogens is 1. The highest BCUT2D eigenvalue weighted by molar-refractivity contribution is 6.59. The van der Waals surface area contributed by atoms with Gasteiger partial charge in [-0.2, -0.15) is 0 Å². The van der Waals surface area contributed by atoms with E-state index in [1.54, 1.807) is 0 Å². The maximum Gasteiger partial charge on any atom is 0.492 e. The minimum Gasteiger partial charge on any atom is -0.494 e. The molecular weight excluding hydrogens is 270 g/mol. The summed E-state index contributed by atoms with van der Waals surface area (Å²) >= 11 is 0. The van der Waals surface area contributed by atoms with Crippen LogP contribution in [0.4, 0.5) is 4.39 Å². The van der Waals surface area contributed by atoms with Crippen molar-refractivity contribution < 1.29 is 19.2 Å². The van der Waals surface area contributed by atoms with Gasteiger partial charge in [0.25, 0.3) is 0 Å². The van der Waals surface area contributed by atoms with Crippen molar-refractivity contribution in [2.45, 2.75) is 58.3 Å². The molecule has 0 saturated carbocycles. The van der Waals surface area contributed by atoms with Gasteiger partial charge in [-0.05, 0) is 12.5 Å². The Balaban J connectivity index is 2.19. The van der Waals surface area contributed by atoms with Crippen LogP contribution in [0.2, 0.25) is 0 Å². The van der Waals surface area contributed by atoms with Crippen LogP contribution in [0.15, 0.2) is 18.2 Å². The molecule has 0 radical (unpaired) electrons. The SMILES string of the molecule is CCCCCCCCCCOc1cc(F)ccc1B(O)O. The Bertz CT molecular complexity index is 399. The molecule has 0 fully saturated rings. The third-order valence-corrected chi connectivity index (χ3v) is 3.51. The average molecular weight is 296 g/mol. The second-order valence-electron chi connectivity index (χ2n) is 5.38. The van der Waals surface area contributed by atoms with Gasteiger partial charge in [-0.25, -0.2) is 4.39 Å². The number of rotatable bonds is 11. The highest BCUT2D eigenvalue weighted by Gasteiger charge is 2.17. The van der Waals surface area contributed by atoms with Crippen LogP contribution in [0.5, 0.6) is 5.75 Å². The van der Waals surface area contributed by atoms with E-state index in [1.165, 1.54) is 56.7 Å². The fraction of sp³-hybridized carbons (Fsp3) is 0.625. The summed E-state index contributed by atoms with van der Waals surface area (Å²) in [5.74, 6) is -0.224. The summed E-state index contributed by atoms with van der Waals surface area (Å²) in [6, 6.07) is 3.72. The highest BCUT2D eigenvalue weighted by atomic mass is 19.1. The third-order valence-electron chi connectivity index (χ3n) is 3.51. The fourth-order valence-corrected chi connectivity index (χ4v) is 2.26. The van der Waals surface area contributed by atoms with E-state index < -0.39 is 12.9 Å².